The molecule has 0 N–H and O–H groups in total. The minimum Gasteiger partial charge on any atom is -0.236 e. The Morgan fingerprint density at radius 2 is 1.04 bits per heavy atom. The van der Waals surface area contributed by atoms with Crippen LogP contribution in [0.2, 0.25) is 0 Å². The number of benzene rings is 6. The van der Waals surface area contributed by atoms with Crippen molar-refractivity contribution in [3.8, 4) is 84.7 Å². The summed E-state index contributed by atoms with van der Waals surface area (Å²) in [6, 6.07) is 52.8. The number of nitrogens with zero attached hydrogens (tertiary/aromatic N) is 5. The molecule has 5 heteroatoms. The van der Waals surface area contributed by atoms with Crippen molar-refractivity contribution in [1.82, 2.24) is 19.9 Å². The van der Waals surface area contributed by atoms with Crippen LogP contribution in [-0.4, -0.2) is 19.9 Å². The molecule has 0 unspecified atom stereocenters. The van der Waals surface area contributed by atoms with Crippen LogP contribution >= 0.6 is 0 Å². The first kappa shape index (κ1) is 33.5. The van der Waals surface area contributed by atoms with Gasteiger partial charge >= 0.3 is 0 Å². The van der Waals surface area contributed by atoms with Crippen molar-refractivity contribution >= 4 is 0 Å². The Labute approximate surface area is 327 Å². The van der Waals surface area contributed by atoms with Gasteiger partial charge in [0.25, 0.3) is 0 Å². The van der Waals surface area contributed by atoms with E-state index in [0.29, 0.717) is 17.2 Å². The summed E-state index contributed by atoms with van der Waals surface area (Å²) in [5, 5.41) is 9.71. The second-order valence-electron chi connectivity index (χ2n) is 15.9. The van der Waals surface area contributed by atoms with Crippen molar-refractivity contribution in [1.29, 1.82) is 5.26 Å². The van der Waals surface area contributed by atoms with Gasteiger partial charge in [-0.05, 0) is 87.0 Å². The zero-order chi connectivity index (χ0) is 38.2. The monoisotopic (exact) mass is 719 g/mol. The lowest BCUT2D eigenvalue weighted by atomic mass is 9.81. The molecular formula is C51H37N5. The first-order valence-corrected chi connectivity index (χ1v) is 19.0. The molecule has 0 fully saturated rings. The molecule has 0 saturated heterocycles. The zero-order valence-electron chi connectivity index (χ0n) is 31.7. The summed E-state index contributed by atoms with van der Waals surface area (Å²) >= 11 is 0. The van der Waals surface area contributed by atoms with Gasteiger partial charge in [-0.2, -0.15) is 5.26 Å². The van der Waals surface area contributed by atoms with Crippen LogP contribution in [0.1, 0.15) is 55.6 Å². The number of nitriles is 1. The number of rotatable bonds is 5. The Morgan fingerprint density at radius 3 is 1.79 bits per heavy atom. The molecular weight excluding hydrogens is 683 g/mol. The van der Waals surface area contributed by atoms with E-state index >= 15 is 0 Å². The second kappa shape index (κ2) is 12.5. The van der Waals surface area contributed by atoms with Crippen molar-refractivity contribution in [3.05, 3.63) is 180 Å². The highest BCUT2D eigenvalue weighted by Crippen LogP contribution is 2.51. The standard InChI is InChI=1S/C51H37N5/c1-50(2)43-23-31(29-52)19-21-39(43)40-22-20-34(27-44(40)50)35-24-36(46-28-45(32-13-7-5-8-14-32)54-49(55-46)33-15-9-6-10-16-33)26-37(25-35)48-53-30-41-38-17-11-12-18-42(38)51(3,4)47(41)56-48/h5-28,30H,1-4H3. The lowest BCUT2D eigenvalue weighted by Gasteiger charge is -2.22. The first-order chi connectivity index (χ1) is 27.2. The van der Waals surface area contributed by atoms with Gasteiger partial charge in [-0.1, -0.05) is 131 Å². The summed E-state index contributed by atoms with van der Waals surface area (Å²) in [6.45, 7) is 8.99. The first-order valence-electron chi connectivity index (χ1n) is 19.0. The highest BCUT2D eigenvalue weighted by molar-refractivity contribution is 5.87. The van der Waals surface area contributed by atoms with Crippen LogP contribution in [0.3, 0.4) is 0 Å². The molecule has 0 bridgehead atoms. The van der Waals surface area contributed by atoms with Crippen LogP contribution in [0, 0.1) is 11.3 Å². The predicted octanol–water partition coefficient (Wildman–Crippen LogP) is 12.1. The molecule has 266 valence electrons. The predicted molar refractivity (Wildman–Crippen MR) is 225 cm³/mol. The van der Waals surface area contributed by atoms with Crippen LogP contribution < -0.4 is 0 Å². The maximum absolute atomic E-state index is 9.71. The maximum atomic E-state index is 9.71. The summed E-state index contributed by atoms with van der Waals surface area (Å²) < 4.78 is 0. The molecule has 0 radical (unpaired) electrons. The summed E-state index contributed by atoms with van der Waals surface area (Å²) in [4.78, 5) is 20.7. The van der Waals surface area contributed by atoms with Gasteiger partial charge in [0.1, 0.15) is 0 Å². The quantitative estimate of drug-likeness (QED) is 0.177. The van der Waals surface area contributed by atoms with Crippen LogP contribution in [0.15, 0.2) is 152 Å². The van der Waals surface area contributed by atoms with Crippen molar-refractivity contribution in [2.75, 3.05) is 0 Å². The Hall–Kier alpha value is -7.03. The summed E-state index contributed by atoms with van der Waals surface area (Å²) in [6.07, 6.45) is 1.99. The number of aromatic nitrogens is 4. The van der Waals surface area contributed by atoms with Crippen molar-refractivity contribution in [2.24, 2.45) is 0 Å². The minimum atomic E-state index is -0.278. The number of hydrogen-bond donors (Lipinski definition) is 0. The largest absolute Gasteiger partial charge is 0.236 e. The molecule has 2 heterocycles. The molecule has 5 nitrogen and oxygen atoms in total. The third-order valence-corrected chi connectivity index (χ3v) is 11.7. The molecule has 56 heavy (non-hydrogen) atoms. The van der Waals surface area contributed by atoms with Crippen LogP contribution in [-0.2, 0) is 10.8 Å². The summed E-state index contributed by atoms with van der Waals surface area (Å²) in [5.74, 6) is 1.34. The van der Waals surface area contributed by atoms with E-state index in [9.17, 15) is 5.26 Å². The third kappa shape index (κ3) is 5.29. The molecule has 6 aromatic carbocycles. The molecule has 0 saturated carbocycles. The van der Waals surface area contributed by atoms with Crippen LogP contribution in [0.25, 0.3) is 78.7 Å². The van der Waals surface area contributed by atoms with E-state index in [4.69, 9.17) is 19.9 Å². The van der Waals surface area contributed by atoms with E-state index in [-0.39, 0.29) is 10.8 Å². The third-order valence-electron chi connectivity index (χ3n) is 11.7. The fourth-order valence-electron chi connectivity index (χ4n) is 8.71. The fraction of sp³-hybridized carbons (Fsp3) is 0.118. The maximum Gasteiger partial charge on any atom is 0.160 e. The minimum absolute atomic E-state index is 0.266. The van der Waals surface area contributed by atoms with E-state index in [1.807, 2.05) is 54.7 Å². The van der Waals surface area contributed by atoms with E-state index < -0.39 is 0 Å². The molecule has 8 aromatic rings. The normalized spacial score (nSPS) is 14.0. The van der Waals surface area contributed by atoms with Gasteiger partial charge in [0, 0.05) is 44.8 Å². The molecule has 2 aliphatic rings. The Bertz CT molecular complexity index is 2860. The Morgan fingerprint density at radius 1 is 0.429 bits per heavy atom. The van der Waals surface area contributed by atoms with Gasteiger partial charge in [0.15, 0.2) is 11.6 Å². The van der Waals surface area contributed by atoms with Crippen LogP contribution in [0.4, 0.5) is 0 Å². The Kier molecular flexibility index (Phi) is 7.49. The van der Waals surface area contributed by atoms with Crippen molar-refractivity contribution in [3.63, 3.8) is 0 Å². The van der Waals surface area contributed by atoms with Crippen molar-refractivity contribution in [2.45, 2.75) is 38.5 Å². The summed E-state index contributed by atoms with van der Waals surface area (Å²) in [5.41, 5.74) is 17.1. The van der Waals surface area contributed by atoms with E-state index in [1.54, 1.807) is 0 Å². The van der Waals surface area contributed by atoms with Gasteiger partial charge in [-0.15, -0.1) is 0 Å². The van der Waals surface area contributed by atoms with E-state index in [2.05, 4.69) is 131 Å². The molecule has 0 spiro atoms. The van der Waals surface area contributed by atoms with Gasteiger partial charge in [0.2, 0.25) is 0 Å². The highest BCUT2D eigenvalue weighted by atomic mass is 14.9. The molecule has 2 aliphatic carbocycles. The van der Waals surface area contributed by atoms with Crippen molar-refractivity contribution < 1.29 is 0 Å². The topological polar surface area (TPSA) is 75.3 Å². The molecule has 2 aromatic heterocycles. The smallest absolute Gasteiger partial charge is 0.160 e. The number of fused-ring (bicyclic) bond motifs is 6. The second-order valence-corrected chi connectivity index (χ2v) is 15.9. The zero-order valence-corrected chi connectivity index (χ0v) is 31.7. The molecule has 0 amide bonds. The lowest BCUT2D eigenvalue weighted by molar-refractivity contribution is 0.636. The Balaban J connectivity index is 1.18. The van der Waals surface area contributed by atoms with Gasteiger partial charge in [-0.25, -0.2) is 19.9 Å². The van der Waals surface area contributed by atoms with Gasteiger partial charge in [-0.3, -0.25) is 0 Å². The SMILES string of the molecule is CC1(C)c2cc(C#N)ccc2-c2ccc(-c3cc(-c4cc(-c5ccccc5)nc(-c5ccccc5)n4)cc(-c4ncc5c(n4)C(C)(C)c4ccccc4-5)c3)cc21. The fourth-order valence-corrected chi connectivity index (χ4v) is 8.71. The average Bonchev–Trinajstić information content (AvgIpc) is 3.62. The van der Waals surface area contributed by atoms with E-state index in [1.165, 1.54) is 33.4 Å². The average molecular weight is 720 g/mol. The van der Waals surface area contributed by atoms with Crippen LogP contribution in [0.5, 0.6) is 0 Å². The van der Waals surface area contributed by atoms with Gasteiger partial charge in [0.05, 0.1) is 28.7 Å². The molecule has 0 aliphatic heterocycles. The summed E-state index contributed by atoms with van der Waals surface area (Å²) in [7, 11) is 0. The highest BCUT2D eigenvalue weighted by Gasteiger charge is 2.38. The molecule has 0 atom stereocenters. The lowest BCUT2D eigenvalue weighted by Crippen LogP contribution is -2.17. The number of hydrogen-bond acceptors (Lipinski definition) is 5. The van der Waals surface area contributed by atoms with Gasteiger partial charge < -0.3 is 0 Å². The molecule has 10 rings (SSSR count). The van der Waals surface area contributed by atoms with E-state index in [0.717, 1.165) is 56.0 Å².